The maximum absolute atomic E-state index is 12.5. The van der Waals surface area contributed by atoms with Crippen molar-refractivity contribution in [2.75, 3.05) is 0 Å². The molecule has 0 aliphatic carbocycles. The van der Waals surface area contributed by atoms with E-state index in [4.69, 9.17) is 21.0 Å². The molecule has 0 spiro atoms. The van der Waals surface area contributed by atoms with Gasteiger partial charge in [0.1, 0.15) is 6.61 Å². The molecule has 3 aromatic rings. The number of carbonyl (C=O) groups excluding carboxylic acids is 1. The Morgan fingerprint density at radius 3 is 2.88 bits per heavy atom. The third-order valence-electron chi connectivity index (χ3n) is 4.35. The van der Waals surface area contributed by atoms with Crippen LogP contribution >= 0.6 is 11.6 Å². The fourth-order valence-corrected chi connectivity index (χ4v) is 3.30. The molecule has 4 nitrogen and oxygen atoms in total. The van der Waals surface area contributed by atoms with E-state index in [1.54, 1.807) is 12.1 Å². The maximum Gasteiger partial charge on any atom is 0.491 e. The van der Waals surface area contributed by atoms with E-state index >= 15 is 0 Å². The van der Waals surface area contributed by atoms with Crippen LogP contribution in [0.15, 0.2) is 54.6 Å². The summed E-state index contributed by atoms with van der Waals surface area (Å²) in [6.07, 6.45) is 0. The maximum atomic E-state index is 12.5. The summed E-state index contributed by atoms with van der Waals surface area (Å²) in [4.78, 5) is 12.5. The van der Waals surface area contributed by atoms with E-state index in [1.807, 2.05) is 42.5 Å². The van der Waals surface area contributed by atoms with Crippen molar-refractivity contribution in [2.45, 2.75) is 13.2 Å². The van der Waals surface area contributed by atoms with Crippen LogP contribution in [0.25, 0.3) is 10.8 Å². The lowest BCUT2D eigenvalue weighted by Crippen LogP contribution is -2.29. The fraction of sp³-hybridized carbons (Fsp3) is 0.105. The third-order valence-corrected chi connectivity index (χ3v) is 4.66. The lowest BCUT2D eigenvalue weighted by Gasteiger charge is -2.10. The van der Waals surface area contributed by atoms with E-state index in [9.17, 15) is 9.82 Å². The summed E-state index contributed by atoms with van der Waals surface area (Å²) in [5.41, 5.74) is 2.49. The van der Waals surface area contributed by atoms with Gasteiger partial charge in [-0.1, -0.05) is 54.1 Å². The molecule has 1 aliphatic heterocycles. The van der Waals surface area contributed by atoms with Gasteiger partial charge in [-0.05, 0) is 39.5 Å². The molecule has 0 saturated heterocycles. The highest BCUT2D eigenvalue weighted by molar-refractivity contribution is 6.61. The van der Waals surface area contributed by atoms with Gasteiger partial charge in [-0.25, -0.2) is 4.79 Å². The molecule has 0 saturated carbocycles. The predicted molar refractivity (Wildman–Crippen MR) is 96.9 cm³/mol. The minimum Gasteiger partial charge on any atom is -0.457 e. The average molecular weight is 353 g/mol. The Bertz CT molecular complexity index is 968. The molecule has 6 heteroatoms. The Balaban J connectivity index is 1.58. The molecule has 25 heavy (non-hydrogen) atoms. The molecule has 1 aliphatic rings. The monoisotopic (exact) mass is 352 g/mol. The first kappa shape index (κ1) is 16.2. The quantitative estimate of drug-likeness (QED) is 0.581. The summed E-state index contributed by atoms with van der Waals surface area (Å²) in [7, 11) is -1.03. The molecule has 0 unspecified atom stereocenters. The number of rotatable bonds is 3. The second-order valence-corrected chi connectivity index (χ2v) is 6.32. The van der Waals surface area contributed by atoms with Crippen molar-refractivity contribution >= 4 is 40.9 Å². The van der Waals surface area contributed by atoms with Gasteiger partial charge in [0.25, 0.3) is 0 Å². The van der Waals surface area contributed by atoms with Crippen molar-refractivity contribution in [1.82, 2.24) is 0 Å². The summed E-state index contributed by atoms with van der Waals surface area (Å²) in [5.74, 6) is -0.528. The van der Waals surface area contributed by atoms with Crippen LogP contribution in [-0.2, 0) is 22.6 Å². The van der Waals surface area contributed by atoms with Gasteiger partial charge < -0.3 is 14.4 Å². The smallest absolute Gasteiger partial charge is 0.457 e. The number of ether oxygens (including phenoxy) is 1. The lowest BCUT2D eigenvalue weighted by atomic mass is 9.79. The number of hydrogen-bond donors (Lipinski definition) is 1. The van der Waals surface area contributed by atoms with Gasteiger partial charge >= 0.3 is 13.1 Å². The first-order valence-corrected chi connectivity index (χ1v) is 8.27. The number of fused-ring (bicyclic) bond motifs is 2. The largest absolute Gasteiger partial charge is 0.491 e. The van der Waals surface area contributed by atoms with Gasteiger partial charge in [-0.3, -0.25) is 0 Å². The summed E-state index contributed by atoms with van der Waals surface area (Å²) in [5, 5.41) is 12.2. The van der Waals surface area contributed by atoms with Gasteiger partial charge in [0.15, 0.2) is 0 Å². The van der Waals surface area contributed by atoms with E-state index < -0.39 is 13.1 Å². The molecule has 0 aromatic heterocycles. The summed E-state index contributed by atoms with van der Waals surface area (Å²) >= 11 is 6.19. The molecule has 0 bridgehead atoms. The van der Waals surface area contributed by atoms with Crippen LogP contribution in [0, 0.1) is 0 Å². The number of benzene rings is 3. The highest BCUT2D eigenvalue weighted by Gasteiger charge is 2.29. The van der Waals surface area contributed by atoms with Crippen molar-refractivity contribution in [1.29, 1.82) is 0 Å². The Morgan fingerprint density at radius 1 is 1.20 bits per heavy atom. The number of halogens is 1. The third kappa shape index (κ3) is 3.02. The zero-order valence-electron chi connectivity index (χ0n) is 13.2. The number of hydrogen-bond acceptors (Lipinski definition) is 4. The van der Waals surface area contributed by atoms with Crippen LogP contribution in [0.4, 0.5) is 0 Å². The predicted octanol–water partition coefficient (Wildman–Crippen LogP) is 3.07. The van der Waals surface area contributed by atoms with Gasteiger partial charge in [-0.2, -0.15) is 0 Å². The second-order valence-electron chi connectivity index (χ2n) is 5.91. The van der Waals surface area contributed by atoms with Crippen molar-refractivity contribution in [3.63, 3.8) is 0 Å². The minimum absolute atomic E-state index is 0.145. The molecule has 0 atom stereocenters. The molecule has 1 heterocycles. The van der Waals surface area contributed by atoms with Crippen molar-refractivity contribution < 1.29 is 19.2 Å². The summed E-state index contributed by atoms with van der Waals surface area (Å²) in [6, 6.07) is 17.0. The van der Waals surface area contributed by atoms with E-state index in [0.29, 0.717) is 10.5 Å². The van der Waals surface area contributed by atoms with Crippen molar-refractivity contribution in [3.05, 3.63) is 76.3 Å². The molecule has 124 valence electrons. The number of esters is 1. The fourth-order valence-electron chi connectivity index (χ4n) is 3.04. The molecule has 4 rings (SSSR count). The lowest BCUT2D eigenvalue weighted by molar-refractivity contribution is 0.0474. The minimum atomic E-state index is -1.03. The van der Waals surface area contributed by atoms with E-state index in [-0.39, 0.29) is 18.8 Å². The molecule has 0 amide bonds. The molecule has 3 aromatic carbocycles. The van der Waals surface area contributed by atoms with Crippen LogP contribution in [0.3, 0.4) is 0 Å². The zero-order valence-corrected chi connectivity index (χ0v) is 14.0. The Hall–Kier alpha value is -2.34. The molecular weight excluding hydrogens is 338 g/mol. The zero-order chi connectivity index (χ0) is 17.4. The topological polar surface area (TPSA) is 55.8 Å². The van der Waals surface area contributed by atoms with Crippen LogP contribution in [-0.4, -0.2) is 18.1 Å². The van der Waals surface area contributed by atoms with E-state index in [0.717, 1.165) is 21.9 Å². The van der Waals surface area contributed by atoms with Gasteiger partial charge in [0, 0.05) is 0 Å². The first-order valence-electron chi connectivity index (χ1n) is 7.89. The Labute approximate surface area is 150 Å². The highest BCUT2D eigenvalue weighted by Crippen LogP contribution is 2.23. The summed E-state index contributed by atoms with van der Waals surface area (Å²) < 4.78 is 10.6. The van der Waals surface area contributed by atoms with E-state index in [2.05, 4.69) is 0 Å². The standard InChI is InChI=1S/C19H14BClO4/c21-18-8-14-11-25-20(23)17(14)9-16(18)19(22)24-10-13-6-3-5-12-4-1-2-7-15(12)13/h1-9,23H,10-11H2. The SMILES string of the molecule is O=C(OCc1cccc2ccccc12)c1cc2c(cc1Cl)COB2O. The first-order chi connectivity index (χ1) is 12.1. The molecule has 1 N–H and O–H groups in total. The summed E-state index contributed by atoms with van der Waals surface area (Å²) in [6.45, 7) is 0.425. The average Bonchev–Trinajstić information content (AvgIpc) is 2.99. The van der Waals surface area contributed by atoms with Crippen LogP contribution in [0.1, 0.15) is 21.5 Å². The van der Waals surface area contributed by atoms with E-state index in [1.165, 1.54) is 0 Å². The van der Waals surface area contributed by atoms with Crippen LogP contribution in [0.2, 0.25) is 5.02 Å². The molecular formula is C19H14BClO4. The second kappa shape index (κ2) is 6.52. The van der Waals surface area contributed by atoms with Gasteiger partial charge in [0.05, 0.1) is 17.2 Å². The normalized spacial score (nSPS) is 13.1. The Morgan fingerprint density at radius 2 is 2.00 bits per heavy atom. The van der Waals surface area contributed by atoms with Crippen LogP contribution in [0.5, 0.6) is 0 Å². The Kier molecular flexibility index (Phi) is 4.21. The highest BCUT2D eigenvalue weighted by atomic mass is 35.5. The van der Waals surface area contributed by atoms with Gasteiger partial charge in [-0.15, -0.1) is 0 Å². The van der Waals surface area contributed by atoms with Crippen molar-refractivity contribution in [2.24, 2.45) is 0 Å². The number of carbonyl (C=O) groups is 1. The van der Waals surface area contributed by atoms with Crippen molar-refractivity contribution in [3.8, 4) is 0 Å². The molecule has 0 fully saturated rings. The molecule has 0 radical (unpaired) electrons. The van der Waals surface area contributed by atoms with Gasteiger partial charge in [0.2, 0.25) is 0 Å². The van der Waals surface area contributed by atoms with Crippen LogP contribution < -0.4 is 5.46 Å².